The second kappa shape index (κ2) is 7.31. The summed E-state index contributed by atoms with van der Waals surface area (Å²) in [7, 11) is 2.96. The number of aliphatic hydroxyl groups is 1. The van der Waals surface area contributed by atoms with Gasteiger partial charge < -0.3 is 19.9 Å². The fourth-order valence-corrected chi connectivity index (χ4v) is 1.63. The smallest absolute Gasteiger partial charge is 0.165 e. The summed E-state index contributed by atoms with van der Waals surface area (Å²) in [5.74, 6) is -0.161. The van der Waals surface area contributed by atoms with Crippen molar-refractivity contribution >= 4 is 0 Å². The molecule has 0 spiro atoms. The lowest BCUT2D eigenvalue weighted by Crippen LogP contribution is -2.31. The van der Waals surface area contributed by atoms with Gasteiger partial charge in [0.1, 0.15) is 0 Å². The van der Waals surface area contributed by atoms with Crippen molar-refractivity contribution in [3.63, 3.8) is 0 Å². The summed E-state index contributed by atoms with van der Waals surface area (Å²) in [5.41, 5.74) is 0.804. The Bertz CT molecular complexity index is 373. The number of nitrogens with one attached hydrogen (secondary N) is 1. The third-order valence-corrected chi connectivity index (χ3v) is 2.69. The van der Waals surface area contributed by atoms with Crippen LogP contribution < -0.4 is 10.1 Å². The Hall–Kier alpha value is -1.17. The molecule has 0 aliphatic rings. The summed E-state index contributed by atoms with van der Waals surface area (Å²) in [6.45, 7) is 2.57. The molecule has 0 amide bonds. The van der Waals surface area contributed by atoms with Gasteiger partial charge in [0, 0.05) is 19.7 Å². The van der Waals surface area contributed by atoms with E-state index < -0.39 is 6.10 Å². The number of aliphatic hydroxyl groups excluding tert-OH is 1. The molecular weight excluding hydrogens is 237 g/mol. The van der Waals surface area contributed by atoms with Gasteiger partial charge in [-0.3, -0.25) is 0 Å². The predicted molar refractivity (Wildman–Crippen MR) is 67.3 cm³/mol. The molecule has 1 aromatic carbocycles. The first kappa shape index (κ1) is 14.9. The van der Waals surface area contributed by atoms with Crippen molar-refractivity contribution in [3.8, 4) is 5.75 Å². The number of benzene rings is 1. The third-order valence-electron chi connectivity index (χ3n) is 2.69. The van der Waals surface area contributed by atoms with Gasteiger partial charge in [0.15, 0.2) is 11.6 Å². The lowest BCUT2D eigenvalue weighted by Gasteiger charge is -2.17. The molecule has 0 saturated heterocycles. The fraction of sp³-hybridized carbons (Fsp3) is 0.538. The number of methoxy groups -OCH3 is 2. The molecule has 18 heavy (non-hydrogen) atoms. The Morgan fingerprint density at radius 3 is 2.67 bits per heavy atom. The van der Waals surface area contributed by atoms with Gasteiger partial charge in [-0.25, -0.2) is 4.39 Å². The maximum Gasteiger partial charge on any atom is 0.165 e. The molecule has 0 aromatic heterocycles. The highest BCUT2D eigenvalue weighted by molar-refractivity contribution is 5.30. The Kier molecular flexibility index (Phi) is 6.04. The van der Waals surface area contributed by atoms with E-state index in [0.29, 0.717) is 6.54 Å². The van der Waals surface area contributed by atoms with Gasteiger partial charge in [-0.05, 0) is 24.6 Å². The van der Waals surface area contributed by atoms with Crippen LogP contribution in [0.2, 0.25) is 0 Å². The van der Waals surface area contributed by atoms with Gasteiger partial charge in [-0.1, -0.05) is 6.07 Å². The maximum absolute atomic E-state index is 13.5. The highest BCUT2D eigenvalue weighted by Gasteiger charge is 2.11. The van der Waals surface area contributed by atoms with Gasteiger partial charge in [-0.2, -0.15) is 0 Å². The van der Waals surface area contributed by atoms with Gasteiger partial charge in [0.2, 0.25) is 0 Å². The van der Waals surface area contributed by atoms with Crippen molar-refractivity contribution in [2.75, 3.05) is 27.4 Å². The first-order valence-electron chi connectivity index (χ1n) is 5.82. The summed E-state index contributed by atoms with van der Waals surface area (Å²) in [4.78, 5) is 0. The van der Waals surface area contributed by atoms with Crippen LogP contribution in [0.3, 0.4) is 0 Å². The van der Waals surface area contributed by atoms with Crippen LogP contribution >= 0.6 is 0 Å². The Morgan fingerprint density at radius 2 is 2.11 bits per heavy atom. The van der Waals surface area contributed by atoms with Gasteiger partial charge in [0.25, 0.3) is 0 Å². The van der Waals surface area contributed by atoms with E-state index in [1.165, 1.54) is 20.3 Å². The number of halogens is 1. The van der Waals surface area contributed by atoms with E-state index in [0.717, 1.165) is 5.56 Å². The van der Waals surface area contributed by atoms with Crippen LogP contribution in [0.1, 0.15) is 18.5 Å². The average Bonchev–Trinajstić information content (AvgIpc) is 2.36. The zero-order valence-electron chi connectivity index (χ0n) is 10.9. The minimum absolute atomic E-state index is 0.0584. The third kappa shape index (κ3) is 4.25. The van der Waals surface area contributed by atoms with E-state index in [9.17, 15) is 9.50 Å². The fourth-order valence-electron chi connectivity index (χ4n) is 1.63. The number of hydrogen-bond acceptors (Lipinski definition) is 4. The Balaban J connectivity index is 2.56. The summed E-state index contributed by atoms with van der Waals surface area (Å²) >= 11 is 0. The number of rotatable bonds is 7. The van der Waals surface area contributed by atoms with E-state index in [4.69, 9.17) is 9.47 Å². The molecule has 4 nitrogen and oxygen atoms in total. The summed E-state index contributed by atoms with van der Waals surface area (Å²) < 4.78 is 23.2. The summed E-state index contributed by atoms with van der Waals surface area (Å²) in [5, 5.41) is 12.6. The van der Waals surface area contributed by atoms with Crippen LogP contribution in [0.4, 0.5) is 4.39 Å². The highest BCUT2D eigenvalue weighted by Crippen LogP contribution is 2.21. The Morgan fingerprint density at radius 1 is 1.39 bits per heavy atom. The van der Waals surface area contributed by atoms with E-state index in [1.807, 2.05) is 6.92 Å². The van der Waals surface area contributed by atoms with Gasteiger partial charge >= 0.3 is 0 Å². The van der Waals surface area contributed by atoms with Crippen molar-refractivity contribution in [2.45, 2.75) is 19.1 Å². The molecule has 0 bridgehead atoms. The molecule has 0 aliphatic heterocycles. The second-order valence-electron chi connectivity index (χ2n) is 4.13. The zero-order valence-corrected chi connectivity index (χ0v) is 10.9. The number of hydrogen-bond donors (Lipinski definition) is 2. The monoisotopic (exact) mass is 257 g/mol. The normalized spacial score (nSPS) is 14.3. The standard InChI is InChI=1S/C13H20FNO3/c1-9(15-7-11(16)8-17-2)10-4-5-13(18-3)12(14)6-10/h4-6,9,11,15-16H,7-8H2,1-3H3. The highest BCUT2D eigenvalue weighted by atomic mass is 19.1. The van der Waals surface area contributed by atoms with Crippen LogP contribution in [0.5, 0.6) is 5.75 Å². The molecule has 2 atom stereocenters. The molecule has 1 rings (SSSR count). The van der Waals surface area contributed by atoms with E-state index in [2.05, 4.69) is 5.32 Å². The zero-order chi connectivity index (χ0) is 13.5. The molecule has 2 unspecified atom stereocenters. The van der Waals surface area contributed by atoms with E-state index in [-0.39, 0.29) is 24.2 Å². The maximum atomic E-state index is 13.5. The number of ether oxygens (including phenoxy) is 2. The van der Waals surface area contributed by atoms with Gasteiger partial charge in [-0.15, -0.1) is 0 Å². The van der Waals surface area contributed by atoms with Crippen molar-refractivity contribution in [3.05, 3.63) is 29.6 Å². The molecule has 0 heterocycles. The van der Waals surface area contributed by atoms with Crippen LogP contribution in [-0.2, 0) is 4.74 Å². The van der Waals surface area contributed by atoms with Crippen LogP contribution in [-0.4, -0.2) is 38.6 Å². The quantitative estimate of drug-likeness (QED) is 0.777. The molecular formula is C13H20FNO3. The molecule has 102 valence electrons. The van der Waals surface area contributed by atoms with Crippen LogP contribution in [0.15, 0.2) is 18.2 Å². The largest absolute Gasteiger partial charge is 0.494 e. The molecule has 1 aromatic rings. The van der Waals surface area contributed by atoms with Crippen molar-refractivity contribution in [1.82, 2.24) is 5.32 Å². The summed E-state index contributed by atoms with van der Waals surface area (Å²) in [6.07, 6.45) is -0.569. The second-order valence-corrected chi connectivity index (χ2v) is 4.13. The van der Waals surface area contributed by atoms with Gasteiger partial charge in [0.05, 0.1) is 19.8 Å². The summed E-state index contributed by atoms with van der Waals surface area (Å²) in [6, 6.07) is 4.76. The minimum Gasteiger partial charge on any atom is -0.494 e. The molecule has 2 N–H and O–H groups in total. The first-order chi connectivity index (χ1) is 8.58. The predicted octanol–water partition coefficient (Wildman–Crippen LogP) is 1.49. The molecule has 5 heteroatoms. The van der Waals surface area contributed by atoms with Crippen molar-refractivity contribution in [1.29, 1.82) is 0 Å². The molecule has 0 radical (unpaired) electrons. The topological polar surface area (TPSA) is 50.7 Å². The molecule has 0 fully saturated rings. The van der Waals surface area contributed by atoms with E-state index >= 15 is 0 Å². The van der Waals surface area contributed by atoms with Crippen LogP contribution in [0.25, 0.3) is 0 Å². The van der Waals surface area contributed by atoms with Crippen molar-refractivity contribution in [2.24, 2.45) is 0 Å². The van der Waals surface area contributed by atoms with Crippen molar-refractivity contribution < 1.29 is 19.0 Å². The van der Waals surface area contributed by atoms with E-state index in [1.54, 1.807) is 12.1 Å². The lowest BCUT2D eigenvalue weighted by molar-refractivity contribution is 0.0630. The lowest BCUT2D eigenvalue weighted by atomic mass is 10.1. The first-order valence-corrected chi connectivity index (χ1v) is 5.82. The molecule has 0 saturated carbocycles. The molecule has 0 aliphatic carbocycles. The van der Waals surface area contributed by atoms with Crippen LogP contribution in [0, 0.1) is 5.82 Å². The minimum atomic E-state index is -0.569. The Labute approximate surface area is 107 Å². The average molecular weight is 257 g/mol. The SMILES string of the molecule is COCC(O)CNC(C)c1ccc(OC)c(F)c1.